The molecule has 18 heavy (non-hydrogen) atoms. The summed E-state index contributed by atoms with van der Waals surface area (Å²) in [5, 5.41) is 7.24. The summed E-state index contributed by atoms with van der Waals surface area (Å²) >= 11 is 0. The number of benzene rings is 1. The molecule has 2 rings (SSSR count). The molecule has 0 atom stereocenters. The van der Waals surface area contributed by atoms with Gasteiger partial charge in [-0.25, -0.2) is 0 Å². The van der Waals surface area contributed by atoms with Crippen molar-refractivity contribution in [3.8, 4) is 5.75 Å². The number of hydrogen-bond donors (Lipinski definition) is 2. The molecule has 0 bridgehead atoms. The van der Waals surface area contributed by atoms with Crippen LogP contribution < -0.4 is 10.5 Å². The predicted molar refractivity (Wildman–Crippen MR) is 74.1 cm³/mol. The summed E-state index contributed by atoms with van der Waals surface area (Å²) in [6, 6.07) is 7.89. The molecule has 0 spiro atoms. The van der Waals surface area contributed by atoms with Crippen molar-refractivity contribution in [2.45, 2.75) is 38.5 Å². The van der Waals surface area contributed by atoms with Gasteiger partial charge in [-0.1, -0.05) is 37.8 Å². The summed E-state index contributed by atoms with van der Waals surface area (Å²) in [6.07, 6.45) is 7.23. The van der Waals surface area contributed by atoms with Crippen LogP contribution in [0.2, 0.25) is 0 Å². The Labute approximate surface area is 109 Å². The number of hydrogen-bond acceptors (Lipinski definition) is 2. The summed E-state index contributed by atoms with van der Waals surface area (Å²) < 4.78 is 5.74. The zero-order chi connectivity index (χ0) is 12.8. The van der Waals surface area contributed by atoms with Crippen LogP contribution in [0.15, 0.2) is 24.3 Å². The van der Waals surface area contributed by atoms with Crippen LogP contribution in [0.4, 0.5) is 0 Å². The van der Waals surface area contributed by atoms with Crippen LogP contribution in [0.5, 0.6) is 5.75 Å². The third-order valence-corrected chi connectivity index (χ3v) is 3.59. The van der Waals surface area contributed by atoms with E-state index in [2.05, 4.69) is 0 Å². The second-order valence-corrected chi connectivity index (χ2v) is 5.13. The molecule has 0 radical (unpaired) electrons. The largest absolute Gasteiger partial charge is 0.494 e. The molecule has 3 N–H and O–H groups in total. The molecule has 0 amide bonds. The van der Waals surface area contributed by atoms with E-state index in [0.717, 1.165) is 23.8 Å². The molecule has 0 aliphatic heterocycles. The fraction of sp³-hybridized carbons (Fsp3) is 0.533. The van der Waals surface area contributed by atoms with Gasteiger partial charge in [-0.3, -0.25) is 5.41 Å². The molecule has 1 aliphatic rings. The second-order valence-electron chi connectivity index (χ2n) is 5.13. The van der Waals surface area contributed by atoms with Crippen LogP contribution in [0.3, 0.4) is 0 Å². The molecular formula is C15H22N2O. The van der Waals surface area contributed by atoms with Crippen LogP contribution in [-0.4, -0.2) is 12.4 Å². The van der Waals surface area contributed by atoms with Gasteiger partial charge < -0.3 is 10.5 Å². The first-order valence-corrected chi connectivity index (χ1v) is 6.78. The molecule has 1 fully saturated rings. The van der Waals surface area contributed by atoms with Crippen molar-refractivity contribution in [2.24, 2.45) is 11.7 Å². The first kappa shape index (κ1) is 12.9. The minimum Gasteiger partial charge on any atom is -0.494 e. The molecule has 98 valence electrons. The molecule has 3 nitrogen and oxygen atoms in total. The topological polar surface area (TPSA) is 59.1 Å². The van der Waals surface area contributed by atoms with E-state index in [1.54, 1.807) is 0 Å². The number of ether oxygens (including phenoxy) is 1. The van der Waals surface area contributed by atoms with Gasteiger partial charge in [0.1, 0.15) is 5.75 Å². The van der Waals surface area contributed by atoms with Crippen molar-refractivity contribution in [1.29, 1.82) is 5.41 Å². The zero-order valence-electron chi connectivity index (χ0n) is 10.8. The maximum absolute atomic E-state index is 7.24. The number of nitrogens with two attached hydrogens (primary N) is 1. The fourth-order valence-electron chi connectivity index (χ4n) is 2.57. The van der Waals surface area contributed by atoms with Gasteiger partial charge in [0, 0.05) is 6.42 Å². The van der Waals surface area contributed by atoms with Crippen molar-refractivity contribution < 1.29 is 4.74 Å². The maximum atomic E-state index is 7.24. The molecule has 0 aromatic heterocycles. The lowest BCUT2D eigenvalue weighted by Crippen LogP contribution is -2.12. The minimum atomic E-state index is 0.199. The van der Waals surface area contributed by atoms with Gasteiger partial charge in [-0.2, -0.15) is 0 Å². The van der Waals surface area contributed by atoms with Gasteiger partial charge >= 0.3 is 0 Å². The third-order valence-electron chi connectivity index (χ3n) is 3.59. The summed E-state index contributed by atoms with van der Waals surface area (Å²) in [6.45, 7) is 0.816. The number of amidine groups is 1. The second kappa shape index (κ2) is 6.43. The Morgan fingerprint density at radius 2 is 1.89 bits per heavy atom. The van der Waals surface area contributed by atoms with Crippen molar-refractivity contribution >= 4 is 5.84 Å². The highest BCUT2D eigenvalue weighted by atomic mass is 16.5. The lowest BCUT2D eigenvalue weighted by molar-refractivity contribution is 0.279. The first-order valence-electron chi connectivity index (χ1n) is 6.78. The van der Waals surface area contributed by atoms with E-state index in [0.29, 0.717) is 6.42 Å². The lowest BCUT2D eigenvalue weighted by Gasteiger charge is -2.10. The molecule has 0 saturated heterocycles. The fourth-order valence-corrected chi connectivity index (χ4v) is 2.57. The standard InChI is InChI=1S/C15H22N2O/c16-15(17)11-13-5-7-14(8-6-13)18-10-9-12-3-1-2-4-12/h5-8,12H,1-4,9-11H2,(H3,16,17). The van der Waals surface area contributed by atoms with Crippen molar-refractivity contribution in [2.75, 3.05) is 6.61 Å². The average Bonchev–Trinajstić information content (AvgIpc) is 2.84. The monoisotopic (exact) mass is 246 g/mol. The Kier molecular flexibility index (Phi) is 4.62. The molecule has 1 aromatic carbocycles. The normalized spacial score (nSPS) is 15.8. The van der Waals surface area contributed by atoms with Gasteiger partial charge in [-0.05, 0) is 30.0 Å². The summed E-state index contributed by atoms with van der Waals surface area (Å²) in [5.74, 6) is 1.99. The Hall–Kier alpha value is -1.51. The van der Waals surface area contributed by atoms with Gasteiger partial charge in [0.2, 0.25) is 0 Å². The maximum Gasteiger partial charge on any atom is 0.119 e. The lowest BCUT2D eigenvalue weighted by atomic mass is 10.1. The van der Waals surface area contributed by atoms with Crippen molar-refractivity contribution in [3.63, 3.8) is 0 Å². The van der Waals surface area contributed by atoms with Gasteiger partial charge in [0.25, 0.3) is 0 Å². The summed E-state index contributed by atoms with van der Waals surface area (Å²) in [7, 11) is 0. The van der Waals surface area contributed by atoms with Crippen LogP contribution in [0.1, 0.15) is 37.7 Å². The predicted octanol–water partition coefficient (Wildman–Crippen LogP) is 3.12. The summed E-state index contributed by atoms with van der Waals surface area (Å²) in [5.41, 5.74) is 6.43. The quantitative estimate of drug-likeness (QED) is 0.598. The van der Waals surface area contributed by atoms with Gasteiger partial charge in [-0.15, -0.1) is 0 Å². The molecule has 1 aromatic rings. The average molecular weight is 246 g/mol. The van der Waals surface area contributed by atoms with Crippen LogP contribution in [0, 0.1) is 11.3 Å². The first-order chi connectivity index (χ1) is 8.74. The molecule has 1 saturated carbocycles. The van der Waals surface area contributed by atoms with E-state index in [-0.39, 0.29) is 5.84 Å². The van der Waals surface area contributed by atoms with Crippen LogP contribution in [-0.2, 0) is 6.42 Å². The molecular weight excluding hydrogens is 224 g/mol. The van der Waals surface area contributed by atoms with Gasteiger partial charge in [0.15, 0.2) is 0 Å². The minimum absolute atomic E-state index is 0.199. The van der Waals surface area contributed by atoms with E-state index in [4.69, 9.17) is 15.9 Å². The summed E-state index contributed by atoms with van der Waals surface area (Å²) in [4.78, 5) is 0. The highest BCUT2D eigenvalue weighted by Crippen LogP contribution is 2.27. The number of nitrogens with one attached hydrogen (secondary N) is 1. The third kappa shape index (κ3) is 4.06. The van der Waals surface area contributed by atoms with E-state index in [1.165, 1.54) is 32.1 Å². The Morgan fingerprint density at radius 3 is 2.50 bits per heavy atom. The Morgan fingerprint density at radius 1 is 1.22 bits per heavy atom. The molecule has 0 heterocycles. The smallest absolute Gasteiger partial charge is 0.119 e. The highest BCUT2D eigenvalue weighted by Gasteiger charge is 2.14. The Bertz CT molecular complexity index is 380. The van der Waals surface area contributed by atoms with E-state index in [1.807, 2.05) is 24.3 Å². The SMILES string of the molecule is N=C(N)Cc1ccc(OCCC2CCCC2)cc1. The molecule has 0 unspecified atom stereocenters. The molecule has 1 aliphatic carbocycles. The van der Waals surface area contributed by atoms with Gasteiger partial charge in [0.05, 0.1) is 12.4 Å². The van der Waals surface area contributed by atoms with Crippen LogP contribution >= 0.6 is 0 Å². The van der Waals surface area contributed by atoms with Crippen LogP contribution in [0.25, 0.3) is 0 Å². The van der Waals surface area contributed by atoms with E-state index >= 15 is 0 Å². The molecule has 3 heteroatoms. The zero-order valence-corrected chi connectivity index (χ0v) is 10.8. The van der Waals surface area contributed by atoms with E-state index in [9.17, 15) is 0 Å². The van der Waals surface area contributed by atoms with E-state index < -0.39 is 0 Å². The number of rotatable bonds is 6. The van der Waals surface area contributed by atoms with Crippen molar-refractivity contribution in [1.82, 2.24) is 0 Å². The highest BCUT2D eigenvalue weighted by molar-refractivity contribution is 5.79. The van der Waals surface area contributed by atoms with Crippen molar-refractivity contribution in [3.05, 3.63) is 29.8 Å². The Balaban J connectivity index is 1.73.